The van der Waals surface area contributed by atoms with E-state index in [1.54, 1.807) is 19.2 Å². The monoisotopic (exact) mass is 332 g/mol. The second-order valence-electron chi connectivity index (χ2n) is 6.33. The van der Waals surface area contributed by atoms with Gasteiger partial charge >= 0.3 is 0 Å². The molecule has 1 aromatic heterocycles. The van der Waals surface area contributed by atoms with E-state index in [0.29, 0.717) is 22.4 Å². The predicted molar refractivity (Wildman–Crippen MR) is 88.5 cm³/mol. The third-order valence-corrected chi connectivity index (χ3v) is 4.21. The first kappa shape index (κ1) is 16.8. The Kier molecular flexibility index (Phi) is 4.78. The van der Waals surface area contributed by atoms with Crippen LogP contribution in [0.1, 0.15) is 34.8 Å². The van der Waals surface area contributed by atoms with Gasteiger partial charge in [-0.15, -0.1) is 0 Å². The van der Waals surface area contributed by atoms with Gasteiger partial charge < -0.3 is 14.7 Å². The number of aliphatic hydroxyl groups excluding tert-OH is 1. The summed E-state index contributed by atoms with van der Waals surface area (Å²) < 4.78 is 18.5. The minimum atomic E-state index is -0.767. The van der Waals surface area contributed by atoms with Crippen LogP contribution in [0.2, 0.25) is 0 Å². The van der Waals surface area contributed by atoms with E-state index in [0.717, 1.165) is 18.5 Å². The molecular weight excluding hydrogens is 311 g/mol. The molecule has 3 rings (SSSR count). The topological polar surface area (TPSA) is 62.7 Å². The normalized spacial score (nSPS) is 15.5. The number of methoxy groups -OCH3 is 1. The molecule has 0 bridgehead atoms. The molecular formula is C18H21FN2O3. The molecule has 0 saturated heterocycles. The largest absolute Gasteiger partial charge is 0.389 e. The Morgan fingerprint density at radius 2 is 2.21 bits per heavy atom. The van der Waals surface area contributed by atoms with Gasteiger partial charge in [-0.2, -0.15) is 0 Å². The molecule has 1 saturated carbocycles. The number of rotatable bonds is 6. The van der Waals surface area contributed by atoms with Crippen LogP contribution in [0.3, 0.4) is 0 Å². The van der Waals surface area contributed by atoms with Gasteiger partial charge in [-0.05, 0) is 37.1 Å². The number of ether oxygens (including phenoxy) is 1. The van der Waals surface area contributed by atoms with Gasteiger partial charge in [-0.3, -0.25) is 9.78 Å². The number of likely N-dealkylation sites (N-methyl/N-ethyl adjacent to an activating group) is 1. The molecule has 0 spiro atoms. The summed E-state index contributed by atoms with van der Waals surface area (Å²) in [6.07, 6.45) is 1.36. The highest BCUT2D eigenvalue weighted by atomic mass is 19.1. The standard InChI is InChI=1S/C18H21FN2O3/c1-21(9-13(22)10-24-2)18(23)15-8-17(11-3-4-11)20-16-6-5-12(19)7-14(15)16/h5-8,11,13,22H,3-4,9-10H2,1-2H3. The van der Waals surface area contributed by atoms with Gasteiger partial charge in [-0.1, -0.05) is 0 Å². The molecule has 1 aromatic carbocycles. The van der Waals surface area contributed by atoms with E-state index in [1.807, 2.05) is 0 Å². The Bertz CT molecular complexity index is 761. The molecule has 1 amide bonds. The van der Waals surface area contributed by atoms with E-state index in [-0.39, 0.29) is 19.1 Å². The lowest BCUT2D eigenvalue weighted by Crippen LogP contribution is -2.36. The van der Waals surface area contributed by atoms with E-state index < -0.39 is 11.9 Å². The van der Waals surface area contributed by atoms with Gasteiger partial charge in [0.2, 0.25) is 0 Å². The van der Waals surface area contributed by atoms with Crippen molar-refractivity contribution in [3.8, 4) is 0 Å². The summed E-state index contributed by atoms with van der Waals surface area (Å²) in [6.45, 7) is 0.293. The molecule has 6 heteroatoms. The summed E-state index contributed by atoms with van der Waals surface area (Å²) in [7, 11) is 3.11. The molecule has 5 nitrogen and oxygen atoms in total. The smallest absolute Gasteiger partial charge is 0.254 e. The van der Waals surface area contributed by atoms with Crippen molar-refractivity contribution in [3.05, 3.63) is 41.3 Å². The number of carbonyl (C=O) groups excluding carboxylic acids is 1. The number of carbonyl (C=O) groups is 1. The summed E-state index contributed by atoms with van der Waals surface area (Å²) in [5.74, 6) is -0.278. The highest BCUT2D eigenvalue weighted by Gasteiger charge is 2.28. The molecule has 1 aliphatic rings. The first-order valence-electron chi connectivity index (χ1n) is 8.02. The summed E-state index contributed by atoms with van der Waals surface area (Å²) in [6, 6.07) is 6.06. The Morgan fingerprint density at radius 1 is 1.46 bits per heavy atom. The first-order valence-corrected chi connectivity index (χ1v) is 8.02. The van der Waals surface area contributed by atoms with E-state index in [4.69, 9.17) is 4.74 Å². The molecule has 0 aliphatic heterocycles. The van der Waals surface area contributed by atoms with Crippen molar-refractivity contribution in [2.75, 3.05) is 27.3 Å². The van der Waals surface area contributed by atoms with Crippen LogP contribution in [-0.4, -0.2) is 54.3 Å². The fourth-order valence-corrected chi connectivity index (χ4v) is 2.83. The number of halogens is 1. The molecule has 2 aromatic rings. The van der Waals surface area contributed by atoms with Gasteiger partial charge in [0.1, 0.15) is 5.82 Å². The fraction of sp³-hybridized carbons (Fsp3) is 0.444. The average Bonchev–Trinajstić information content (AvgIpc) is 3.38. The Labute approximate surface area is 140 Å². The molecule has 24 heavy (non-hydrogen) atoms. The van der Waals surface area contributed by atoms with Crippen molar-refractivity contribution in [1.82, 2.24) is 9.88 Å². The lowest BCUT2D eigenvalue weighted by atomic mass is 10.0. The van der Waals surface area contributed by atoms with Crippen molar-refractivity contribution in [2.24, 2.45) is 0 Å². The molecule has 0 radical (unpaired) electrons. The number of hydrogen-bond acceptors (Lipinski definition) is 4. The van der Waals surface area contributed by atoms with Crippen molar-refractivity contribution in [2.45, 2.75) is 24.9 Å². The summed E-state index contributed by atoms with van der Waals surface area (Å²) in [4.78, 5) is 18.8. The molecule has 1 unspecified atom stereocenters. The number of aromatic nitrogens is 1. The SMILES string of the molecule is COCC(O)CN(C)C(=O)c1cc(C2CC2)nc2ccc(F)cc12. The number of hydrogen-bond donors (Lipinski definition) is 1. The van der Waals surface area contributed by atoms with E-state index in [1.165, 1.54) is 24.1 Å². The number of fused-ring (bicyclic) bond motifs is 1. The zero-order valence-corrected chi connectivity index (χ0v) is 13.8. The van der Waals surface area contributed by atoms with Gasteiger partial charge in [0.25, 0.3) is 5.91 Å². The van der Waals surface area contributed by atoms with Crippen molar-refractivity contribution in [1.29, 1.82) is 0 Å². The molecule has 1 aliphatic carbocycles. The lowest BCUT2D eigenvalue weighted by molar-refractivity contribution is 0.0381. The third kappa shape index (κ3) is 3.55. The minimum Gasteiger partial charge on any atom is -0.389 e. The third-order valence-electron chi connectivity index (χ3n) is 4.21. The van der Waals surface area contributed by atoms with Crippen LogP contribution in [0.15, 0.2) is 24.3 Å². The van der Waals surface area contributed by atoms with Crippen LogP contribution < -0.4 is 0 Å². The van der Waals surface area contributed by atoms with Crippen LogP contribution in [0.25, 0.3) is 10.9 Å². The zero-order chi connectivity index (χ0) is 17.3. The van der Waals surface area contributed by atoms with Crippen LogP contribution in [0.4, 0.5) is 4.39 Å². The minimum absolute atomic E-state index is 0.143. The molecule has 1 atom stereocenters. The lowest BCUT2D eigenvalue weighted by Gasteiger charge is -2.21. The maximum absolute atomic E-state index is 13.7. The quantitative estimate of drug-likeness (QED) is 0.882. The van der Waals surface area contributed by atoms with E-state index in [9.17, 15) is 14.3 Å². The van der Waals surface area contributed by atoms with Gasteiger partial charge in [0.15, 0.2) is 0 Å². The van der Waals surface area contributed by atoms with E-state index in [2.05, 4.69) is 4.98 Å². The molecule has 1 N–H and O–H groups in total. The summed E-state index contributed by atoms with van der Waals surface area (Å²) >= 11 is 0. The maximum atomic E-state index is 13.7. The molecule has 128 valence electrons. The molecule has 1 heterocycles. The van der Waals surface area contributed by atoms with Crippen LogP contribution in [0, 0.1) is 5.82 Å². The zero-order valence-electron chi connectivity index (χ0n) is 13.8. The van der Waals surface area contributed by atoms with Crippen LogP contribution >= 0.6 is 0 Å². The second-order valence-corrected chi connectivity index (χ2v) is 6.33. The second kappa shape index (κ2) is 6.83. The Hall–Kier alpha value is -2.05. The van der Waals surface area contributed by atoms with Gasteiger partial charge in [0.05, 0.1) is 23.8 Å². The first-order chi connectivity index (χ1) is 11.5. The fourth-order valence-electron chi connectivity index (χ4n) is 2.83. The highest BCUT2D eigenvalue weighted by Crippen LogP contribution is 2.40. The van der Waals surface area contributed by atoms with Crippen molar-refractivity contribution in [3.63, 3.8) is 0 Å². The predicted octanol–water partition coefficient (Wildman–Crippen LogP) is 2.33. The average molecular weight is 332 g/mol. The van der Waals surface area contributed by atoms with Crippen LogP contribution in [-0.2, 0) is 4.74 Å². The van der Waals surface area contributed by atoms with Crippen LogP contribution in [0.5, 0.6) is 0 Å². The van der Waals surface area contributed by atoms with E-state index >= 15 is 0 Å². The number of amides is 1. The van der Waals surface area contributed by atoms with Crippen molar-refractivity contribution >= 4 is 16.8 Å². The van der Waals surface area contributed by atoms with Gasteiger partial charge in [0, 0.05) is 37.7 Å². The Balaban J connectivity index is 1.96. The number of benzene rings is 1. The number of nitrogens with zero attached hydrogens (tertiary/aromatic N) is 2. The summed E-state index contributed by atoms with van der Waals surface area (Å²) in [5, 5.41) is 10.3. The maximum Gasteiger partial charge on any atom is 0.254 e. The number of aliphatic hydroxyl groups is 1. The van der Waals surface area contributed by atoms with Gasteiger partial charge in [-0.25, -0.2) is 4.39 Å². The number of pyridine rings is 1. The summed E-state index contributed by atoms with van der Waals surface area (Å²) in [5.41, 5.74) is 1.92. The molecule has 1 fully saturated rings. The van der Waals surface area contributed by atoms with Crippen molar-refractivity contribution < 1.29 is 19.0 Å². The highest BCUT2D eigenvalue weighted by molar-refractivity contribution is 6.06. The Morgan fingerprint density at radius 3 is 2.88 bits per heavy atom.